The van der Waals surface area contributed by atoms with Crippen LogP contribution in [0.3, 0.4) is 0 Å². The van der Waals surface area contributed by atoms with Gasteiger partial charge in [-0.25, -0.2) is 4.57 Å². The maximum absolute atomic E-state index is 12.5. The van der Waals surface area contributed by atoms with Gasteiger partial charge >= 0.3 is 13.8 Å². The van der Waals surface area contributed by atoms with Gasteiger partial charge in [0, 0.05) is 19.6 Å². The van der Waals surface area contributed by atoms with Crippen molar-refractivity contribution in [2.24, 2.45) is 5.73 Å². The Balaban J connectivity index is 4.01. The summed E-state index contributed by atoms with van der Waals surface area (Å²) in [4.78, 5) is 22.3. The molecule has 276 valence electrons. The summed E-state index contributed by atoms with van der Waals surface area (Å²) in [7, 11) is -4.26. The Hall–Kier alpha value is -0.500. The molecule has 0 heterocycles. The molecule has 0 aromatic rings. The second-order valence-corrected chi connectivity index (χ2v) is 14.6. The number of carbonyl (C=O) groups excluding carboxylic acids is 1. The summed E-state index contributed by atoms with van der Waals surface area (Å²) in [5.41, 5.74) is 5.35. The molecular formula is C37H76NO7P. The van der Waals surface area contributed by atoms with Crippen LogP contribution in [0.15, 0.2) is 0 Å². The van der Waals surface area contributed by atoms with Crippen LogP contribution in [0.25, 0.3) is 0 Å². The second-order valence-electron chi connectivity index (χ2n) is 13.2. The zero-order valence-corrected chi connectivity index (χ0v) is 31.2. The van der Waals surface area contributed by atoms with Gasteiger partial charge in [0.2, 0.25) is 0 Å². The number of nitrogens with two attached hydrogens (primary N) is 1. The van der Waals surface area contributed by atoms with Gasteiger partial charge in [0.05, 0.1) is 19.8 Å². The lowest BCUT2D eigenvalue weighted by molar-refractivity contribution is -0.154. The molecule has 0 rings (SSSR count). The van der Waals surface area contributed by atoms with Crippen molar-refractivity contribution in [3.8, 4) is 0 Å². The van der Waals surface area contributed by atoms with Crippen molar-refractivity contribution in [2.45, 2.75) is 200 Å². The molecule has 0 aromatic heterocycles. The fourth-order valence-electron chi connectivity index (χ4n) is 5.64. The van der Waals surface area contributed by atoms with E-state index in [2.05, 4.69) is 13.8 Å². The quantitative estimate of drug-likeness (QED) is 0.0377. The SMILES string of the molecule is CCCCCCCCCCCCCCCCCCOC[C@H](COP(=O)(O)OCCN)OC(=O)CCCCCCCCCCCCC. The predicted octanol–water partition coefficient (Wildman–Crippen LogP) is 11.0. The molecule has 0 bridgehead atoms. The molecule has 0 aliphatic heterocycles. The van der Waals surface area contributed by atoms with Crippen LogP contribution in [0.4, 0.5) is 0 Å². The van der Waals surface area contributed by atoms with Gasteiger partial charge in [-0.3, -0.25) is 13.8 Å². The van der Waals surface area contributed by atoms with Gasteiger partial charge in [0.1, 0.15) is 6.10 Å². The van der Waals surface area contributed by atoms with Crippen molar-refractivity contribution in [1.82, 2.24) is 0 Å². The average molecular weight is 678 g/mol. The van der Waals surface area contributed by atoms with E-state index in [4.69, 9.17) is 24.3 Å². The smallest absolute Gasteiger partial charge is 0.457 e. The highest BCUT2D eigenvalue weighted by Gasteiger charge is 2.25. The number of phosphoric acid groups is 1. The molecule has 9 heteroatoms. The number of hydrogen-bond acceptors (Lipinski definition) is 7. The molecule has 0 radical (unpaired) electrons. The van der Waals surface area contributed by atoms with Gasteiger partial charge in [0.25, 0.3) is 0 Å². The maximum Gasteiger partial charge on any atom is 0.472 e. The van der Waals surface area contributed by atoms with E-state index in [0.717, 1.165) is 32.1 Å². The topological polar surface area (TPSA) is 117 Å². The number of phosphoric ester groups is 1. The van der Waals surface area contributed by atoms with Gasteiger partial charge < -0.3 is 20.1 Å². The number of esters is 1. The first-order valence-corrected chi connectivity index (χ1v) is 21.0. The molecule has 2 atom stereocenters. The van der Waals surface area contributed by atoms with Crippen molar-refractivity contribution < 1.29 is 32.8 Å². The highest BCUT2D eigenvalue weighted by Crippen LogP contribution is 2.43. The Morgan fingerprint density at radius 1 is 0.565 bits per heavy atom. The molecule has 0 spiro atoms. The van der Waals surface area contributed by atoms with Crippen LogP contribution >= 0.6 is 7.82 Å². The molecule has 0 aliphatic carbocycles. The highest BCUT2D eigenvalue weighted by molar-refractivity contribution is 7.47. The first-order valence-electron chi connectivity index (χ1n) is 19.5. The molecule has 0 aromatic carbocycles. The van der Waals surface area contributed by atoms with E-state index in [1.165, 1.54) is 141 Å². The molecular weight excluding hydrogens is 601 g/mol. The monoisotopic (exact) mass is 678 g/mol. The fourth-order valence-corrected chi connectivity index (χ4v) is 6.41. The van der Waals surface area contributed by atoms with Crippen molar-refractivity contribution in [2.75, 3.05) is 33.0 Å². The van der Waals surface area contributed by atoms with Crippen molar-refractivity contribution in [1.29, 1.82) is 0 Å². The van der Waals surface area contributed by atoms with Gasteiger partial charge in [-0.2, -0.15) is 0 Å². The van der Waals surface area contributed by atoms with E-state index in [1.807, 2.05) is 0 Å². The first-order chi connectivity index (χ1) is 22.4. The molecule has 46 heavy (non-hydrogen) atoms. The number of hydrogen-bond donors (Lipinski definition) is 2. The first kappa shape index (κ1) is 45.5. The van der Waals surface area contributed by atoms with E-state index in [-0.39, 0.29) is 32.3 Å². The number of unbranched alkanes of at least 4 members (excludes halogenated alkanes) is 25. The van der Waals surface area contributed by atoms with Gasteiger partial charge in [-0.05, 0) is 12.8 Å². The van der Waals surface area contributed by atoms with Crippen molar-refractivity contribution in [3.05, 3.63) is 0 Å². The van der Waals surface area contributed by atoms with E-state index in [0.29, 0.717) is 13.0 Å². The summed E-state index contributed by atoms with van der Waals surface area (Å²) in [5, 5.41) is 0. The van der Waals surface area contributed by atoms with Gasteiger partial charge in [-0.15, -0.1) is 0 Å². The van der Waals surface area contributed by atoms with Crippen LogP contribution in [-0.4, -0.2) is 49.9 Å². The summed E-state index contributed by atoms with van der Waals surface area (Å²) in [5.74, 6) is -0.328. The normalized spacial score (nSPS) is 13.6. The van der Waals surface area contributed by atoms with Crippen LogP contribution < -0.4 is 5.73 Å². The highest BCUT2D eigenvalue weighted by atomic mass is 31.2. The summed E-state index contributed by atoms with van der Waals surface area (Å²) in [6.07, 6.45) is 34.0. The second kappa shape index (κ2) is 35.8. The Morgan fingerprint density at radius 2 is 0.957 bits per heavy atom. The zero-order chi connectivity index (χ0) is 33.8. The van der Waals surface area contributed by atoms with E-state index in [1.54, 1.807) is 0 Å². The average Bonchev–Trinajstić information content (AvgIpc) is 3.04. The maximum atomic E-state index is 12.5. The van der Waals surface area contributed by atoms with Crippen LogP contribution in [-0.2, 0) is 27.9 Å². The van der Waals surface area contributed by atoms with E-state index in [9.17, 15) is 14.3 Å². The third kappa shape index (κ3) is 34.8. The third-order valence-corrected chi connectivity index (χ3v) is 9.51. The predicted molar refractivity (Wildman–Crippen MR) is 192 cm³/mol. The van der Waals surface area contributed by atoms with Crippen LogP contribution in [0.1, 0.15) is 194 Å². The van der Waals surface area contributed by atoms with Gasteiger partial charge in [-0.1, -0.05) is 174 Å². The van der Waals surface area contributed by atoms with Crippen LogP contribution in [0.5, 0.6) is 0 Å². The number of ether oxygens (including phenoxy) is 2. The van der Waals surface area contributed by atoms with Crippen molar-refractivity contribution >= 4 is 13.8 Å². The Bertz CT molecular complexity index is 682. The van der Waals surface area contributed by atoms with Crippen LogP contribution in [0.2, 0.25) is 0 Å². The van der Waals surface area contributed by atoms with Crippen molar-refractivity contribution in [3.63, 3.8) is 0 Å². The lowest BCUT2D eigenvalue weighted by atomic mass is 10.0. The van der Waals surface area contributed by atoms with Gasteiger partial charge in [0.15, 0.2) is 0 Å². The fraction of sp³-hybridized carbons (Fsp3) is 0.973. The lowest BCUT2D eigenvalue weighted by Gasteiger charge is -2.20. The zero-order valence-electron chi connectivity index (χ0n) is 30.3. The molecule has 1 unspecified atom stereocenters. The number of carbonyl (C=O) groups is 1. The molecule has 0 amide bonds. The summed E-state index contributed by atoms with van der Waals surface area (Å²) >= 11 is 0. The van der Waals surface area contributed by atoms with E-state index < -0.39 is 13.9 Å². The summed E-state index contributed by atoms with van der Waals surface area (Å²) in [6.45, 7) is 4.95. The minimum absolute atomic E-state index is 0.0904. The van der Waals surface area contributed by atoms with E-state index >= 15 is 0 Å². The molecule has 8 nitrogen and oxygen atoms in total. The molecule has 0 saturated heterocycles. The Labute approximate surface area is 284 Å². The summed E-state index contributed by atoms with van der Waals surface area (Å²) in [6, 6.07) is 0. The molecule has 0 fully saturated rings. The standard InChI is InChI=1S/C37H76NO7P/c1-3-5-7-9-11-13-15-16-17-18-19-21-23-25-27-29-32-42-34-36(35-44-46(40,41)43-33-31-38)45-37(39)30-28-26-24-22-20-14-12-10-8-6-4-2/h36H,3-35,38H2,1-2H3,(H,40,41)/t36-/m1/s1. The Morgan fingerprint density at radius 3 is 1.37 bits per heavy atom. The molecule has 3 N–H and O–H groups in total. The largest absolute Gasteiger partial charge is 0.472 e. The third-order valence-electron chi connectivity index (χ3n) is 8.52. The lowest BCUT2D eigenvalue weighted by Crippen LogP contribution is -2.28. The summed E-state index contributed by atoms with van der Waals surface area (Å²) < 4.78 is 33.3. The minimum Gasteiger partial charge on any atom is -0.457 e. The molecule has 0 aliphatic rings. The molecule has 0 saturated carbocycles. The Kier molecular flexibility index (Phi) is 35.4. The van der Waals surface area contributed by atoms with Crippen LogP contribution in [0, 0.1) is 0 Å². The number of rotatable bonds is 38. The minimum atomic E-state index is -4.26.